The zero-order valence-electron chi connectivity index (χ0n) is 17.7. The van der Waals surface area contributed by atoms with E-state index < -0.39 is 0 Å². The van der Waals surface area contributed by atoms with Crippen LogP contribution in [0.2, 0.25) is 0 Å². The van der Waals surface area contributed by atoms with Crippen LogP contribution in [-0.2, 0) is 6.54 Å². The molecule has 28 heavy (non-hydrogen) atoms. The Morgan fingerprint density at radius 1 is 1.25 bits per heavy atom. The van der Waals surface area contributed by atoms with E-state index >= 15 is 0 Å². The second kappa shape index (κ2) is 7.63. The Hall–Kier alpha value is -2.27. The zero-order valence-corrected chi connectivity index (χ0v) is 17.7. The smallest absolute Gasteiger partial charge is 0.227 e. The van der Waals surface area contributed by atoms with Gasteiger partial charge in [-0.1, -0.05) is 6.92 Å². The van der Waals surface area contributed by atoms with Crippen molar-refractivity contribution in [2.24, 2.45) is 5.92 Å². The molecule has 1 aliphatic carbocycles. The number of rotatable bonds is 8. The largest absolute Gasteiger partial charge is 0.497 e. The predicted molar refractivity (Wildman–Crippen MR) is 112 cm³/mol. The third kappa shape index (κ3) is 3.55. The second-order valence-corrected chi connectivity index (χ2v) is 8.15. The number of aryl methyl sites for hydroxylation is 3. The molecular weight excluding hydrogens is 350 g/mol. The van der Waals surface area contributed by atoms with Crippen LogP contribution in [0.15, 0.2) is 22.6 Å². The molecule has 0 amide bonds. The fourth-order valence-electron chi connectivity index (χ4n) is 4.09. The maximum atomic E-state index is 6.26. The molecule has 0 saturated heterocycles. The standard InChI is InChI=1S/C23H31N3O2/c1-6-11-25(13-18-7-8-18)14-21-16(3)24-26-22(17(4)28-23(21)26)20-10-9-19(27-5)12-15(20)2/h9-10,12,18H,6-8,11,13-14H2,1-5H3. The van der Waals surface area contributed by atoms with Crippen molar-refractivity contribution >= 4 is 5.71 Å². The van der Waals surface area contributed by atoms with Crippen molar-refractivity contribution in [2.45, 2.75) is 53.5 Å². The fraction of sp³-hybridized carbons (Fsp3) is 0.522. The summed E-state index contributed by atoms with van der Waals surface area (Å²) < 4.78 is 13.6. The maximum absolute atomic E-state index is 6.26. The Morgan fingerprint density at radius 2 is 2.04 bits per heavy atom. The lowest BCUT2D eigenvalue weighted by Gasteiger charge is -2.20. The minimum absolute atomic E-state index is 0.867. The van der Waals surface area contributed by atoms with Gasteiger partial charge in [0.25, 0.3) is 0 Å². The Bertz CT molecular complexity index is 982. The number of fused-ring (bicyclic) bond motifs is 1. The van der Waals surface area contributed by atoms with Gasteiger partial charge in [0.2, 0.25) is 5.71 Å². The lowest BCUT2D eigenvalue weighted by atomic mass is 10.0. The van der Waals surface area contributed by atoms with E-state index in [1.165, 1.54) is 31.4 Å². The summed E-state index contributed by atoms with van der Waals surface area (Å²) in [6, 6.07) is 6.15. The summed E-state index contributed by atoms with van der Waals surface area (Å²) in [5.41, 5.74) is 6.49. The second-order valence-electron chi connectivity index (χ2n) is 8.15. The minimum Gasteiger partial charge on any atom is -0.497 e. The molecule has 0 atom stereocenters. The molecule has 0 bridgehead atoms. The van der Waals surface area contributed by atoms with Gasteiger partial charge in [-0.05, 0) is 76.3 Å². The van der Waals surface area contributed by atoms with Gasteiger partial charge >= 0.3 is 0 Å². The van der Waals surface area contributed by atoms with Gasteiger partial charge in [-0.15, -0.1) is 0 Å². The number of hydrogen-bond acceptors (Lipinski definition) is 4. The van der Waals surface area contributed by atoms with Gasteiger partial charge in [-0.3, -0.25) is 4.90 Å². The van der Waals surface area contributed by atoms with Crippen molar-refractivity contribution in [3.8, 4) is 17.0 Å². The van der Waals surface area contributed by atoms with E-state index in [0.29, 0.717) is 0 Å². The summed E-state index contributed by atoms with van der Waals surface area (Å²) in [6.45, 7) is 11.7. The van der Waals surface area contributed by atoms with Gasteiger partial charge < -0.3 is 9.15 Å². The summed E-state index contributed by atoms with van der Waals surface area (Å²) in [5, 5.41) is 4.87. The molecule has 5 nitrogen and oxygen atoms in total. The number of hydrogen-bond donors (Lipinski definition) is 0. The van der Waals surface area contributed by atoms with Crippen molar-refractivity contribution in [1.29, 1.82) is 0 Å². The third-order valence-electron chi connectivity index (χ3n) is 5.76. The number of aromatic nitrogens is 2. The molecule has 5 heteroatoms. The van der Waals surface area contributed by atoms with Crippen LogP contribution >= 0.6 is 0 Å². The summed E-state index contributed by atoms with van der Waals surface area (Å²) in [7, 11) is 1.70. The summed E-state index contributed by atoms with van der Waals surface area (Å²) in [4.78, 5) is 2.57. The first-order valence-corrected chi connectivity index (χ1v) is 10.4. The quantitative estimate of drug-likeness (QED) is 0.541. The van der Waals surface area contributed by atoms with Crippen LogP contribution < -0.4 is 4.74 Å². The van der Waals surface area contributed by atoms with E-state index in [-0.39, 0.29) is 0 Å². The first kappa shape index (κ1) is 19.1. The summed E-state index contributed by atoms with van der Waals surface area (Å²) >= 11 is 0. The summed E-state index contributed by atoms with van der Waals surface area (Å²) in [6.07, 6.45) is 3.93. The van der Waals surface area contributed by atoms with Crippen molar-refractivity contribution in [1.82, 2.24) is 14.5 Å². The summed E-state index contributed by atoms with van der Waals surface area (Å²) in [5.74, 6) is 2.65. The molecule has 1 fully saturated rings. The van der Waals surface area contributed by atoms with Crippen molar-refractivity contribution in [2.75, 3.05) is 20.2 Å². The first-order valence-electron chi connectivity index (χ1n) is 10.4. The van der Waals surface area contributed by atoms with Gasteiger partial charge in [-0.25, -0.2) is 0 Å². The van der Waals surface area contributed by atoms with Crippen molar-refractivity contribution in [3.05, 3.63) is 40.8 Å². The Balaban J connectivity index is 1.73. The molecule has 1 aliphatic rings. The fourth-order valence-corrected chi connectivity index (χ4v) is 4.09. The van der Waals surface area contributed by atoms with Gasteiger partial charge in [0, 0.05) is 18.7 Å². The number of oxazole rings is 1. The van der Waals surface area contributed by atoms with Gasteiger partial charge in [0.1, 0.15) is 17.2 Å². The molecule has 1 saturated carbocycles. The number of nitrogens with zero attached hydrogens (tertiary/aromatic N) is 3. The van der Waals surface area contributed by atoms with E-state index in [1.807, 2.05) is 17.5 Å². The normalized spacial score (nSPS) is 14.4. The van der Waals surface area contributed by atoms with Crippen LogP contribution in [0.5, 0.6) is 5.75 Å². The number of methoxy groups -OCH3 is 1. The molecule has 0 N–H and O–H groups in total. The molecule has 150 valence electrons. The van der Waals surface area contributed by atoms with E-state index in [9.17, 15) is 0 Å². The van der Waals surface area contributed by atoms with Gasteiger partial charge in [0.05, 0.1) is 18.4 Å². The molecule has 0 radical (unpaired) electrons. The third-order valence-corrected chi connectivity index (χ3v) is 5.76. The molecule has 3 aromatic rings. The van der Waals surface area contributed by atoms with Crippen LogP contribution in [0, 0.1) is 26.7 Å². The highest BCUT2D eigenvalue weighted by atomic mass is 16.5. The Kier molecular flexibility index (Phi) is 5.19. The molecule has 0 spiro atoms. The van der Waals surface area contributed by atoms with Crippen LogP contribution in [-0.4, -0.2) is 34.7 Å². The molecule has 2 heterocycles. The average Bonchev–Trinajstić information content (AvgIpc) is 3.36. The lowest BCUT2D eigenvalue weighted by molar-refractivity contribution is 0.254. The van der Waals surface area contributed by atoms with E-state index in [2.05, 4.69) is 37.8 Å². The molecule has 2 aromatic heterocycles. The van der Waals surface area contributed by atoms with Crippen molar-refractivity contribution < 1.29 is 9.15 Å². The highest BCUT2D eigenvalue weighted by Crippen LogP contribution is 2.34. The van der Waals surface area contributed by atoms with Crippen LogP contribution in [0.1, 0.15) is 48.8 Å². The van der Waals surface area contributed by atoms with Crippen LogP contribution in [0.25, 0.3) is 17.0 Å². The molecule has 1 aromatic carbocycles. The lowest BCUT2D eigenvalue weighted by Crippen LogP contribution is -2.26. The topological polar surface area (TPSA) is 42.9 Å². The molecular formula is C23H31N3O2. The van der Waals surface area contributed by atoms with Crippen LogP contribution in [0.4, 0.5) is 0 Å². The zero-order chi connectivity index (χ0) is 19.8. The number of ether oxygens (including phenoxy) is 1. The SMILES string of the molecule is CCCN(Cc1c(C)nn2c(-c3ccc(OC)cc3C)c(C)oc12)CC1CC1. The Morgan fingerprint density at radius 3 is 2.68 bits per heavy atom. The average molecular weight is 382 g/mol. The van der Waals surface area contributed by atoms with Gasteiger partial charge in [0.15, 0.2) is 0 Å². The molecule has 0 unspecified atom stereocenters. The molecule has 0 aliphatic heterocycles. The highest BCUT2D eigenvalue weighted by Gasteiger charge is 2.27. The highest BCUT2D eigenvalue weighted by molar-refractivity contribution is 5.70. The minimum atomic E-state index is 0.867. The van der Waals surface area contributed by atoms with E-state index in [0.717, 1.165) is 58.7 Å². The van der Waals surface area contributed by atoms with Crippen molar-refractivity contribution in [3.63, 3.8) is 0 Å². The first-order chi connectivity index (χ1) is 13.5. The monoisotopic (exact) mass is 381 g/mol. The van der Waals surface area contributed by atoms with Crippen LogP contribution in [0.3, 0.4) is 0 Å². The predicted octanol–water partition coefficient (Wildman–Crippen LogP) is 5.15. The molecule has 4 rings (SSSR count). The van der Waals surface area contributed by atoms with E-state index in [1.54, 1.807) is 7.11 Å². The number of benzene rings is 1. The Labute approximate surface area is 167 Å². The maximum Gasteiger partial charge on any atom is 0.227 e. The van der Waals surface area contributed by atoms with E-state index in [4.69, 9.17) is 14.3 Å². The van der Waals surface area contributed by atoms with Gasteiger partial charge in [-0.2, -0.15) is 9.61 Å².